The second kappa shape index (κ2) is 4.00. The fraction of sp³-hybridized carbons (Fsp3) is 0.375. The van der Waals surface area contributed by atoms with Crippen LogP contribution in [0.3, 0.4) is 0 Å². The number of rotatable bonds is 2. The summed E-state index contributed by atoms with van der Waals surface area (Å²) in [6, 6.07) is 0. The average Bonchev–Trinajstić information content (AvgIpc) is 2.09. The third-order valence-corrected chi connectivity index (χ3v) is 2.45. The number of nitrogens with two attached hydrogens (primary N) is 1. The Balaban J connectivity index is 3.23. The van der Waals surface area contributed by atoms with Crippen molar-refractivity contribution in [1.82, 2.24) is 4.98 Å². The van der Waals surface area contributed by atoms with Crippen molar-refractivity contribution in [1.29, 1.82) is 0 Å². The van der Waals surface area contributed by atoms with Gasteiger partial charge in [-0.1, -0.05) is 15.9 Å². The Labute approximate surface area is 83.3 Å². The van der Waals surface area contributed by atoms with Crippen LogP contribution < -0.4 is 5.73 Å². The van der Waals surface area contributed by atoms with Crippen LogP contribution in [-0.2, 0) is 5.33 Å². The maximum atomic E-state index is 12.3. The molecule has 1 aromatic rings. The summed E-state index contributed by atoms with van der Waals surface area (Å²) in [5, 5.41) is 0.524. The lowest BCUT2D eigenvalue weighted by Gasteiger charge is -2.09. The lowest BCUT2D eigenvalue weighted by molar-refractivity contribution is 0.145. The SMILES string of the molecule is Cc1c(C(F)F)ncc(CBr)c1N. The van der Waals surface area contributed by atoms with E-state index in [1.807, 2.05) is 0 Å². The molecule has 1 aromatic heterocycles. The molecule has 13 heavy (non-hydrogen) atoms. The van der Waals surface area contributed by atoms with Gasteiger partial charge in [0.25, 0.3) is 6.43 Å². The van der Waals surface area contributed by atoms with Gasteiger partial charge in [-0.05, 0) is 12.5 Å². The summed E-state index contributed by atoms with van der Waals surface area (Å²) < 4.78 is 24.6. The fourth-order valence-electron chi connectivity index (χ4n) is 1.02. The Kier molecular flexibility index (Phi) is 3.19. The first-order chi connectivity index (χ1) is 6.07. The van der Waals surface area contributed by atoms with Crippen LogP contribution in [0, 0.1) is 6.92 Å². The van der Waals surface area contributed by atoms with Crippen molar-refractivity contribution >= 4 is 21.6 Å². The zero-order valence-electron chi connectivity index (χ0n) is 7.02. The maximum absolute atomic E-state index is 12.3. The quantitative estimate of drug-likeness (QED) is 0.821. The molecule has 5 heteroatoms. The van der Waals surface area contributed by atoms with Gasteiger partial charge in [0.15, 0.2) is 0 Å². The van der Waals surface area contributed by atoms with Crippen molar-refractivity contribution in [3.05, 3.63) is 23.0 Å². The molecule has 1 rings (SSSR count). The molecule has 0 spiro atoms. The maximum Gasteiger partial charge on any atom is 0.280 e. The van der Waals surface area contributed by atoms with E-state index in [9.17, 15) is 8.78 Å². The van der Waals surface area contributed by atoms with Crippen molar-refractivity contribution in [3.8, 4) is 0 Å². The van der Waals surface area contributed by atoms with E-state index in [-0.39, 0.29) is 5.69 Å². The van der Waals surface area contributed by atoms with Crippen LogP contribution in [0.15, 0.2) is 6.20 Å². The molecule has 0 amide bonds. The highest BCUT2D eigenvalue weighted by atomic mass is 79.9. The van der Waals surface area contributed by atoms with Crippen LogP contribution >= 0.6 is 15.9 Å². The van der Waals surface area contributed by atoms with Gasteiger partial charge in [0.2, 0.25) is 0 Å². The Bertz CT molecular complexity index is 315. The van der Waals surface area contributed by atoms with Gasteiger partial charge >= 0.3 is 0 Å². The summed E-state index contributed by atoms with van der Waals surface area (Å²) in [7, 11) is 0. The molecule has 2 N–H and O–H groups in total. The summed E-state index contributed by atoms with van der Waals surface area (Å²) in [6.45, 7) is 1.55. The van der Waals surface area contributed by atoms with Crippen LogP contribution in [0.25, 0.3) is 0 Å². The number of halogens is 3. The zero-order chi connectivity index (χ0) is 10.0. The van der Waals surface area contributed by atoms with Gasteiger partial charge < -0.3 is 5.73 Å². The molecule has 0 saturated heterocycles. The summed E-state index contributed by atoms with van der Waals surface area (Å²) in [6.07, 6.45) is -1.19. The molecule has 0 aliphatic carbocycles. The smallest absolute Gasteiger partial charge is 0.280 e. The lowest BCUT2D eigenvalue weighted by atomic mass is 10.1. The van der Waals surface area contributed by atoms with E-state index >= 15 is 0 Å². The second-order valence-electron chi connectivity index (χ2n) is 2.64. The predicted molar refractivity (Wildman–Crippen MR) is 51.0 cm³/mol. The van der Waals surface area contributed by atoms with Gasteiger partial charge in [-0.3, -0.25) is 4.98 Å². The first kappa shape index (κ1) is 10.4. The van der Waals surface area contributed by atoms with E-state index in [4.69, 9.17) is 5.73 Å². The normalized spacial score (nSPS) is 10.8. The van der Waals surface area contributed by atoms with E-state index in [1.165, 1.54) is 6.20 Å². The number of anilines is 1. The number of pyridine rings is 1. The minimum atomic E-state index is -2.56. The zero-order valence-corrected chi connectivity index (χ0v) is 8.61. The molecule has 0 unspecified atom stereocenters. The van der Waals surface area contributed by atoms with Crippen LogP contribution in [-0.4, -0.2) is 4.98 Å². The molecule has 0 bridgehead atoms. The Morgan fingerprint density at radius 3 is 2.69 bits per heavy atom. The summed E-state index contributed by atoms with van der Waals surface area (Å²) >= 11 is 3.20. The fourth-order valence-corrected chi connectivity index (χ4v) is 1.47. The highest BCUT2D eigenvalue weighted by molar-refractivity contribution is 9.08. The predicted octanol–water partition coefficient (Wildman–Crippen LogP) is 2.80. The van der Waals surface area contributed by atoms with E-state index in [2.05, 4.69) is 20.9 Å². The second-order valence-corrected chi connectivity index (χ2v) is 3.20. The van der Waals surface area contributed by atoms with Crippen LogP contribution in [0.2, 0.25) is 0 Å². The Morgan fingerprint density at radius 1 is 1.62 bits per heavy atom. The van der Waals surface area contributed by atoms with Gasteiger partial charge in [0.05, 0.1) is 0 Å². The van der Waals surface area contributed by atoms with Crippen molar-refractivity contribution in [3.63, 3.8) is 0 Å². The molecule has 72 valence electrons. The average molecular weight is 251 g/mol. The lowest BCUT2D eigenvalue weighted by Crippen LogP contribution is -2.03. The number of aromatic nitrogens is 1. The number of nitrogen functional groups attached to an aromatic ring is 1. The molecule has 0 saturated carbocycles. The van der Waals surface area contributed by atoms with Gasteiger partial charge in [-0.2, -0.15) is 0 Å². The van der Waals surface area contributed by atoms with Crippen molar-refractivity contribution in [2.24, 2.45) is 0 Å². The minimum Gasteiger partial charge on any atom is -0.398 e. The highest BCUT2D eigenvalue weighted by Crippen LogP contribution is 2.27. The van der Waals surface area contributed by atoms with Crippen molar-refractivity contribution in [2.45, 2.75) is 18.7 Å². The summed E-state index contributed by atoms with van der Waals surface area (Å²) in [4.78, 5) is 3.65. The molecular formula is C8H9BrF2N2. The first-order valence-corrected chi connectivity index (χ1v) is 4.78. The molecule has 1 heterocycles. The molecule has 0 aliphatic rings. The van der Waals surface area contributed by atoms with E-state index < -0.39 is 6.43 Å². The molecule has 0 radical (unpaired) electrons. The standard InChI is InChI=1S/C8H9BrF2N2/c1-4-6(12)5(2-9)3-13-7(4)8(10)11/h3,8H,2H2,1H3,(H2,12,13). The molecule has 0 atom stereocenters. The largest absolute Gasteiger partial charge is 0.398 e. The molecule has 0 aliphatic heterocycles. The summed E-state index contributed by atoms with van der Waals surface area (Å²) in [5.74, 6) is 0. The van der Waals surface area contributed by atoms with Crippen LogP contribution in [0.1, 0.15) is 23.2 Å². The van der Waals surface area contributed by atoms with Crippen molar-refractivity contribution < 1.29 is 8.78 Å². The third-order valence-electron chi connectivity index (χ3n) is 1.84. The third kappa shape index (κ3) is 1.96. The van der Waals surface area contributed by atoms with Gasteiger partial charge in [0, 0.05) is 22.8 Å². The molecule has 2 nitrogen and oxygen atoms in total. The van der Waals surface area contributed by atoms with E-state index in [0.717, 1.165) is 5.56 Å². The monoisotopic (exact) mass is 250 g/mol. The van der Waals surface area contributed by atoms with Crippen LogP contribution in [0.4, 0.5) is 14.5 Å². The highest BCUT2D eigenvalue weighted by Gasteiger charge is 2.15. The molecule has 0 fully saturated rings. The van der Waals surface area contributed by atoms with Crippen LogP contribution in [0.5, 0.6) is 0 Å². The number of hydrogen-bond donors (Lipinski definition) is 1. The minimum absolute atomic E-state index is 0.234. The Hall–Kier alpha value is -0.710. The van der Waals surface area contributed by atoms with Gasteiger partial charge in [-0.25, -0.2) is 8.78 Å². The number of alkyl halides is 3. The Morgan fingerprint density at radius 2 is 2.23 bits per heavy atom. The molecule has 0 aromatic carbocycles. The summed E-state index contributed by atoms with van der Waals surface area (Å²) in [5.41, 5.74) is 6.89. The van der Waals surface area contributed by atoms with Gasteiger partial charge in [0.1, 0.15) is 5.69 Å². The van der Waals surface area contributed by atoms with Crippen molar-refractivity contribution in [2.75, 3.05) is 5.73 Å². The number of nitrogens with zero attached hydrogens (tertiary/aromatic N) is 1. The van der Waals surface area contributed by atoms with Gasteiger partial charge in [-0.15, -0.1) is 0 Å². The topological polar surface area (TPSA) is 38.9 Å². The molecular weight excluding hydrogens is 242 g/mol. The first-order valence-electron chi connectivity index (χ1n) is 3.66. The number of hydrogen-bond acceptors (Lipinski definition) is 2. The van der Waals surface area contributed by atoms with E-state index in [1.54, 1.807) is 6.92 Å². The van der Waals surface area contributed by atoms with E-state index in [0.29, 0.717) is 16.6 Å².